The normalized spacial score (nSPS) is 20.1. The number of amides is 1. The first kappa shape index (κ1) is 13.5. The molecule has 1 atom stereocenters. The van der Waals surface area contributed by atoms with Crippen molar-refractivity contribution in [3.8, 4) is 0 Å². The van der Waals surface area contributed by atoms with Crippen molar-refractivity contribution in [1.82, 2.24) is 5.32 Å². The van der Waals surface area contributed by atoms with E-state index in [1.165, 1.54) is 51.4 Å². The zero-order valence-electron chi connectivity index (χ0n) is 10.8. The van der Waals surface area contributed by atoms with Crippen LogP contribution in [0, 0.1) is 5.92 Å². The molecule has 94 valence electrons. The molecule has 0 spiro atoms. The summed E-state index contributed by atoms with van der Waals surface area (Å²) in [6.45, 7) is 3.16. The Kier molecular flexibility index (Phi) is 7.28. The van der Waals surface area contributed by atoms with Gasteiger partial charge in [-0.1, -0.05) is 58.3 Å². The Hall–Kier alpha value is -0.530. The molecule has 1 rings (SSSR count). The Labute approximate surface area is 100 Å². The number of carbonyl (C=O) groups excluding carboxylic acids is 1. The smallest absolute Gasteiger partial charge is 0.223 e. The van der Waals surface area contributed by atoms with Gasteiger partial charge in [0.1, 0.15) is 0 Å². The second-order valence-corrected chi connectivity index (χ2v) is 5.04. The summed E-state index contributed by atoms with van der Waals surface area (Å²) in [5.74, 6) is 0.628. The van der Waals surface area contributed by atoms with Crippen LogP contribution in [0.5, 0.6) is 0 Å². The van der Waals surface area contributed by atoms with Crippen molar-refractivity contribution in [2.24, 2.45) is 5.92 Å². The van der Waals surface area contributed by atoms with Gasteiger partial charge >= 0.3 is 0 Å². The SMILES string of the molecule is CCCCCCCCCCC1CCNC1=O. The molecule has 1 amide bonds. The zero-order chi connectivity index (χ0) is 11.6. The third kappa shape index (κ3) is 5.53. The average Bonchev–Trinajstić information content (AvgIpc) is 2.68. The quantitative estimate of drug-likeness (QED) is 0.596. The van der Waals surface area contributed by atoms with Gasteiger partial charge in [-0.3, -0.25) is 4.79 Å². The Morgan fingerprint density at radius 2 is 1.69 bits per heavy atom. The first-order chi connectivity index (χ1) is 7.84. The molecule has 2 heteroatoms. The number of nitrogens with one attached hydrogen (secondary N) is 1. The van der Waals surface area contributed by atoms with Crippen LogP contribution in [0.25, 0.3) is 0 Å². The van der Waals surface area contributed by atoms with E-state index in [9.17, 15) is 4.79 Å². The summed E-state index contributed by atoms with van der Waals surface area (Å²) in [6.07, 6.45) is 13.0. The molecule has 0 bridgehead atoms. The van der Waals surface area contributed by atoms with Crippen LogP contribution >= 0.6 is 0 Å². The molecule has 1 N–H and O–H groups in total. The maximum absolute atomic E-state index is 11.3. The summed E-state index contributed by atoms with van der Waals surface area (Å²) < 4.78 is 0. The number of rotatable bonds is 9. The van der Waals surface area contributed by atoms with Crippen LogP contribution in [0.15, 0.2) is 0 Å². The van der Waals surface area contributed by atoms with Gasteiger partial charge in [0, 0.05) is 12.5 Å². The molecule has 1 unspecified atom stereocenters. The molecule has 0 aromatic rings. The lowest BCUT2D eigenvalue weighted by molar-refractivity contribution is -0.122. The highest BCUT2D eigenvalue weighted by molar-refractivity contribution is 5.80. The Balaban J connectivity index is 1.83. The lowest BCUT2D eigenvalue weighted by Gasteiger charge is -2.06. The van der Waals surface area contributed by atoms with Crippen molar-refractivity contribution in [3.05, 3.63) is 0 Å². The van der Waals surface area contributed by atoms with Gasteiger partial charge in [0.15, 0.2) is 0 Å². The van der Waals surface area contributed by atoms with Crippen LogP contribution in [0.4, 0.5) is 0 Å². The van der Waals surface area contributed by atoms with E-state index in [4.69, 9.17) is 0 Å². The predicted octanol–water partition coefficient (Wildman–Crippen LogP) is 3.65. The highest BCUT2D eigenvalue weighted by Gasteiger charge is 2.22. The van der Waals surface area contributed by atoms with Gasteiger partial charge in [-0.15, -0.1) is 0 Å². The fraction of sp³-hybridized carbons (Fsp3) is 0.929. The van der Waals surface area contributed by atoms with E-state index >= 15 is 0 Å². The van der Waals surface area contributed by atoms with E-state index in [1.807, 2.05) is 0 Å². The van der Waals surface area contributed by atoms with Crippen molar-refractivity contribution in [2.45, 2.75) is 71.1 Å². The first-order valence-corrected chi connectivity index (χ1v) is 7.12. The summed E-state index contributed by atoms with van der Waals surface area (Å²) in [5, 5.41) is 2.91. The molecule has 0 aliphatic carbocycles. The lowest BCUT2D eigenvalue weighted by Crippen LogP contribution is -2.18. The van der Waals surface area contributed by atoms with Crippen LogP contribution in [-0.2, 0) is 4.79 Å². The van der Waals surface area contributed by atoms with E-state index < -0.39 is 0 Å². The topological polar surface area (TPSA) is 29.1 Å². The average molecular weight is 225 g/mol. The number of carbonyl (C=O) groups is 1. The minimum Gasteiger partial charge on any atom is -0.356 e. The van der Waals surface area contributed by atoms with Crippen LogP contribution in [-0.4, -0.2) is 12.5 Å². The van der Waals surface area contributed by atoms with Gasteiger partial charge < -0.3 is 5.32 Å². The Morgan fingerprint density at radius 3 is 2.25 bits per heavy atom. The summed E-state index contributed by atoms with van der Waals surface area (Å²) in [6, 6.07) is 0. The second kappa shape index (κ2) is 8.60. The van der Waals surface area contributed by atoms with Crippen molar-refractivity contribution in [3.63, 3.8) is 0 Å². The van der Waals surface area contributed by atoms with Crippen molar-refractivity contribution in [1.29, 1.82) is 0 Å². The van der Waals surface area contributed by atoms with Crippen LogP contribution in [0.1, 0.15) is 71.1 Å². The van der Waals surface area contributed by atoms with E-state index in [1.54, 1.807) is 0 Å². The Morgan fingerprint density at radius 1 is 1.06 bits per heavy atom. The highest BCUT2D eigenvalue weighted by Crippen LogP contribution is 2.18. The first-order valence-electron chi connectivity index (χ1n) is 7.12. The molecule has 1 fully saturated rings. The molecule has 0 saturated carbocycles. The van der Waals surface area contributed by atoms with E-state index in [0.717, 1.165) is 19.4 Å². The third-order valence-electron chi connectivity index (χ3n) is 3.57. The third-order valence-corrected chi connectivity index (χ3v) is 3.57. The van der Waals surface area contributed by atoms with Crippen molar-refractivity contribution >= 4 is 5.91 Å². The van der Waals surface area contributed by atoms with E-state index in [2.05, 4.69) is 12.2 Å². The maximum Gasteiger partial charge on any atom is 0.223 e. The summed E-state index contributed by atoms with van der Waals surface area (Å²) in [5.41, 5.74) is 0. The number of hydrogen-bond acceptors (Lipinski definition) is 1. The molecule has 1 aliphatic rings. The highest BCUT2D eigenvalue weighted by atomic mass is 16.2. The van der Waals surface area contributed by atoms with Crippen molar-refractivity contribution in [2.75, 3.05) is 6.54 Å². The van der Waals surface area contributed by atoms with Gasteiger partial charge in [0.25, 0.3) is 0 Å². The van der Waals surface area contributed by atoms with Gasteiger partial charge in [-0.05, 0) is 12.8 Å². The van der Waals surface area contributed by atoms with Crippen molar-refractivity contribution < 1.29 is 4.79 Å². The molecular weight excluding hydrogens is 198 g/mol. The molecule has 16 heavy (non-hydrogen) atoms. The molecule has 0 aromatic heterocycles. The van der Waals surface area contributed by atoms with Gasteiger partial charge in [0.05, 0.1) is 0 Å². The molecule has 1 aliphatic heterocycles. The van der Waals surface area contributed by atoms with E-state index in [-0.39, 0.29) is 0 Å². The molecule has 1 heterocycles. The molecule has 0 radical (unpaired) electrons. The summed E-state index contributed by atoms with van der Waals surface area (Å²) in [4.78, 5) is 11.3. The molecular formula is C14H27NO. The van der Waals surface area contributed by atoms with Crippen LogP contribution in [0.3, 0.4) is 0 Å². The lowest BCUT2D eigenvalue weighted by atomic mass is 9.99. The predicted molar refractivity (Wildman–Crippen MR) is 68.3 cm³/mol. The van der Waals surface area contributed by atoms with Crippen LogP contribution in [0.2, 0.25) is 0 Å². The standard InChI is InChI=1S/C14H27NO/c1-2-3-4-5-6-7-8-9-10-13-11-12-15-14(13)16/h13H,2-12H2,1H3,(H,15,16). The molecule has 2 nitrogen and oxygen atoms in total. The van der Waals surface area contributed by atoms with Gasteiger partial charge in [0.2, 0.25) is 5.91 Å². The van der Waals surface area contributed by atoms with Gasteiger partial charge in [-0.25, -0.2) is 0 Å². The minimum absolute atomic E-state index is 0.294. The zero-order valence-corrected chi connectivity index (χ0v) is 10.8. The van der Waals surface area contributed by atoms with E-state index in [0.29, 0.717) is 11.8 Å². The largest absolute Gasteiger partial charge is 0.356 e. The number of unbranched alkanes of at least 4 members (excludes halogenated alkanes) is 7. The fourth-order valence-electron chi connectivity index (χ4n) is 2.45. The molecule has 0 aromatic carbocycles. The van der Waals surface area contributed by atoms with Gasteiger partial charge in [-0.2, -0.15) is 0 Å². The molecule has 1 saturated heterocycles. The summed E-state index contributed by atoms with van der Waals surface area (Å²) in [7, 11) is 0. The van der Waals surface area contributed by atoms with Crippen LogP contribution < -0.4 is 5.32 Å². The summed E-state index contributed by atoms with van der Waals surface area (Å²) >= 11 is 0. The monoisotopic (exact) mass is 225 g/mol. The number of hydrogen-bond donors (Lipinski definition) is 1. The maximum atomic E-state index is 11.3. The Bertz CT molecular complexity index is 191. The second-order valence-electron chi connectivity index (χ2n) is 5.04. The fourth-order valence-corrected chi connectivity index (χ4v) is 2.45. The minimum atomic E-state index is 0.294.